The van der Waals surface area contributed by atoms with Crippen molar-refractivity contribution in [1.82, 2.24) is 10.2 Å². The summed E-state index contributed by atoms with van der Waals surface area (Å²) < 4.78 is 6.05. The van der Waals surface area contributed by atoms with Gasteiger partial charge in [-0.25, -0.2) is 4.79 Å². The van der Waals surface area contributed by atoms with Gasteiger partial charge in [-0.15, -0.1) is 0 Å². The highest BCUT2D eigenvalue weighted by atomic mass is 35.5. The van der Waals surface area contributed by atoms with Crippen molar-refractivity contribution in [2.75, 3.05) is 13.1 Å². The minimum absolute atomic E-state index is 0.137. The van der Waals surface area contributed by atoms with Crippen LogP contribution < -0.4 is 5.32 Å². The van der Waals surface area contributed by atoms with E-state index in [0.29, 0.717) is 43.9 Å². The monoisotopic (exact) mass is 476 g/mol. The second kappa shape index (κ2) is 11.2. The minimum atomic E-state index is -0.762. The topological polar surface area (TPSA) is 58.6 Å². The number of piperidine rings is 1. The molecule has 0 aliphatic carbocycles. The Balaban J connectivity index is 1.37. The van der Waals surface area contributed by atoms with E-state index in [0.717, 1.165) is 23.1 Å². The molecule has 0 spiro atoms. The van der Waals surface area contributed by atoms with Gasteiger partial charge in [-0.3, -0.25) is 4.79 Å². The van der Waals surface area contributed by atoms with Gasteiger partial charge in [0.1, 0.15) is 5.60 Å². The number of ether oxygens (including phenoxy) is 1. The van der Waals surface area contributed by atoms with Crippen LogP contribution >= 0.6 is 11.6 Å². The van der Waals surface area contributed by atoms with Gasteiger partial charge in [0.2, 0.25) is 5.91 Å². The summed E-state index contributed by atoms with van der Waals surface area (Å²) >= 11 is 5.93. The Morgan fingerprint density at radius 3 is 2.12 bits per heavy atom. The van der Waals surface area contributed by atoms with E-state index in [4.69, 9.17) is 16.3 Å². The van der Waals surface area contributed by atoms with Crippen LogP contribution in [0.4, 0.5) is 4.79 Å². The lowest BCUT2D eigenvalue weighted by Gasteiger charge is -2.41. The van der Waals surface area contributed by atoms with Gasteiger partial charge in [0.25, 0.3) is 0 Å². The number of carbonyl (C=O) groups is 2. The zero-order valence-electron chi connectivity index (χ0n) is 19.1. The number of benzene rings is 3. The van der Waals surface area contributed by atoms with Gasteiger partial charge in [0, 0.05) is 43.9 Å². The van der Waals surface area contributed by atoms with Crippen LogP contribution in [-0.2, 0) is 28.1 Å². The number of likely N-dealkylation sites (tertiary alicyclic amines) is 1. The summed E-state index contributed by atoms with van der Waals surface area (Å²) in [5.74, 6) is 0.137. The van der Waals surface area contributed by atoms with E-state index in [1.807, 2.05) is 77.7 Å². The molecule has 1 saturated heterocycles. The Bertz CT molecular complexity index is 1080. The SMILES string of the molecule is O=C(NCc1ccc(Cl)cc1)OC1(c2ccccc2)CCN(C(=O)CCc2ccccc2)CC1. The zero-order chi connectivity index (χ0) is 23.8. The molecule has 34 heavy (non-hydrogen) atoms. The summed E-state index contributed by atoms with van der Waals surface area (Å²) in [7, 11) is 0. The molecule has 0 bridgehead atoms. The van der Waals surface area contributed by atoms with E-state index in [2.05, 4.69) is 5.32 Å². The van der Waals surface area contributed by atoms with Gasteiger partial charge in [0.05, 0.1) is 0 Å². The molecule has 1 fully saturated rings. The molecule has 0 radical (unpaired) electrons. The Morgan fingerprint density at radius 1 is 0.853 bits per heavy atom. The summed E-state index contributed by atoms with van der Waals surface area (Å²) in [5.41, 5.74) is 2.29. The molecule has 1 N–H and O–H groups in total. The largest absolute Gasteiger partial charge is 0.438 e. The van der Waals surface area contributed by atoms with E-state index >= 15 is 0 Å². The number of aryl methyl sites for hydroxylation is 1. The number of rotatable bonds is 7. The van der Waals surface area contributed by atoms with E-state index in [9.17, 15) is 9.59 Å². The third-order valence-corrected chi connectivity index (χ3v) is 6.58. The number of nitrogens with one attached hydrogen (secondary N) is 1. The highest BCUT2D eigenvalue weighted by Gasteiger charge is 2.40. The van der Waals surface area contributed by atoms with Crippen LogP contribution in [-0.4, -0.2) is 30.0 Å². The fourth-order valence-corrected chi connectivity index (χ4v) is 4.48. The molecule has 0 saturated carbocycles. The lowest BCUT2D eigenvalue weighted by Crippen LogP contribution is -2.48. The lowest BCUT2D eigenvalue weighted by molar-refractivity contribution is -0.135. The fourth-order valence-electron chi connectivity index (χ4n) is 4.35. The first-order valence-electron chi connectivity index (χ1n) is 11.6. The third kappa shape index (κ3) is 6.17. The Hall–Kier alpha value is -3.31. The van der Waals surface area contributed by atoms with Crippen molar-refractivity contribution < 1.29 is 14.3 Å². The van der Waals surface area contributed by atoms with Gasteiger partial charge in [0.15, 0.2) is 0 Å². The molecule has 5 nitrogen and oxygen atoms in total. The maximum atomic E-state index is 12.8. The predicted molar refractivity (Wildman–Crippen MR) is 133 cm³/mol. The van der Waals surface area contributed by atoms with Crippen molar-refractivity contribution in [3.8, 4) is 0 Å². The average molecular weight is 477 g/mol. The highest BCUT2D eigenvalue weighted by molar-refractivity contribution is 6.30. The van der Waals surface area contributed by atoms with Crippen LogP contribution in [0.15, 0.2) is 84.9 Å². The summed E-state index contributed by atoms with van der Waals surface area (Å²) in [5, 5.41) is 3.50. The van der Waals surface area contributed by atoms with Crippen molar-refractivity contribution in [3.05, 3.63) is 107 Å². The maximum absolute atomic E-state index is 12.8. The third-order valence-electron chi connectivity index (χ3n) is 6.33. The number of hydrogen-bond donors (Lipinski definition) is 1. The van der Waals surface area contributed by atoms with Gasteiger partial charge >= 0.3 is 6.09 Å². The Kier molecular flexibility index (Phi) is 7.86. The number of amides is 2. The Morgan fingerprint density at radius 2 is 1.47 bits per heavy atom. The van der Waals surface area contributed by atoms with Crippen molar-refractivity contribution >= 4 is 23.6 Å². The number of hydrogen-bond acceptors (Lipinski definition) is 3. The summed E-state index contributed by atoms with van der Waals surface area (Å²) in [6.45, 7) is 1.45. The molecule has 1 aliphatic rings. The predicted octanol–water partition coefficient (Wildman–Crippen LogP) is 5.72. The number of carbonyl (C=O) groups excluding carboxylic acids is 2. The van der Waals surface area contributed by atoms with E-state index < -0.39 is 11.7 Å². The molecule has 3 aromatic carbocycles. The number of halogens is 1. The molecular formula is C28H29ClN2O3. The van der Waals surface area contributed by atoms with Crippen molar-refractivity contribution in [2.24, 2.45) is 0 Å². The van der Waals surface area contributed by atoms with Crippen LogP contribution in [0.5, 0.6) is 0 Å². The Labute approximate surface area is 205 Å². The molecule has 1 aliphatic heterocycles. The van der Waals surface area contributed by atoms with Crippen LogP contribution in [0.2, 0.25) is 5.02 Å². The van der Waals surface area contributed by atoms with Crippen molar-refractivity contribution in [2.45, 2.75) is 37.8 Å². The van der Waals surface area contributed by atoms with Crippen molar-refractivity contribution in [3.63, 3.8) is 0 Å². The summed E-state index contributed by atoms with van der Waals surface area (Å²) in [6.07, 6.45) is 1.85. The van der Waals surface area contributed by atoms with Gasteiger partial charge in [-0.05, 0) is 35.2 Å². The maximum Gasteiger partial charge on any atom is 0.408 e. The van der Waals surface area contributed by atoms with Crippen LogP contribution in [0.25, 0.3) is 0 Å². The molecule has 0 aromatic heterocycles. The number of alkyl carbamates (subject to hydrolysis) is 1. The van der Waals surface area contributed by atoms with Crippen LogP contribution in [0.1, 0.15) is 36.0 Å². The molecule has 4 rings (SSSR count). The lowest BCUT2D eigenvalue weighted by atomic mass is 9.84. The van der Waals surface area contributed by atoms with Gasteiger partial charge < -0.3 is 15.0 Å². The van der Waals surface area contributed by atoms with E-state index in [-0.39, 0.29) is 5.91 Å². The second-order valence-corrected chi connectivity index (χ2v) is 9.03. The number of nitrogens with zero attached hydrogens (tertiary/aromatic N) is 1. The minimum Gasteiger partial charge on any atom is -0.438 e. The smallest absolute Gasteiger partial charge is 0.408 e. The standard InChI is InChI=1S/C28H29ClN2O3/c29-25-14-11-23(12-15-25)21-30-27(33)34-28(24-9-5-2-6-10-24)17-19-31(20-18-28)26(32)16-13-22-7-3-1-4-8-22/h1-12,14-15H,13,16-21H2,(H,30,33). The second-order valence-electron chi connectivity index (χ2n) is 8.60. The zero-order valence-corrected chi connectivity index (χ0v) is 19.8. The van der Waals surface area contributed by atoms with Gasteiger partial charge in [-0.1, -0.05) is 84.4 Å². The molecule has 6 heteroatoms. The normalized spacial score (nSPS) is 14.9. The van der Waals surface area contributed by atoms with Crippen LogP contribution in [0.3, 0.4) is 0 Å². The molecule has 2 amide bonds. The van der Waals surface area contributed by atoms with Crippen LogP contribution in [0, 0.1) is 0 Å². The molecule has 1 heterocycles. The van der Waals surface area contributed by atoms with Crippen molar-refractivity contribution in [1.29, 1.82) is 0 Å². The summed E-state index contributed by atoms with van der Waals surface area (Å²) in [6, 6.07) is 27.2. The molecular weight excluding hydrogens is 448 g/mol. The molecule has 176 valence electrons. The molecule has 3 aromatic rings. The fraction of sp³-hybridized carbons (Fsp3) is 0.286. The highest BCUT2D eigenvalue weighted by Crippen LogP contribution is 2.37. The van der Waals surface area contributed by atoms with E-state index in [1.54, 1.807) is 12.1 Å². The molecule has 0 unspecified atom stereocenters. The first-order valence-corrected chi connectivity index (χ1v) is 12.0. The quantitative estimate of drug-likeness (QED) is 0.474. The average Bonchev–Trinajstić information content (AvgIpc) is 2.88. The van der Waals surface area contributed by atoms with Gasteiger partial charge in [-0.2, -0.15) is 0 Å². The first kappa shape index (κ1) is 23.8. The first-order chi connectivity index (χ1) is 16.5. The van der Waals surface area contributed by atoms with E-state index in [1.165, 1.54) is 0 Å². The summed E-state index contributed by atoms with van der Waals surface area (Å²) in [4.78, 5) is 27.5. The molecule has 0 atom stereocenters.